The number of hydrogen-bond acceptors (Lipinski definition) is 4. The summed E-state index contributed by atoms with van der Waals surface area (Å²) in [5.41, 5.74) is 3.60. The van der Waals surface area contributed by atoms with E-state index in [9.17, 15) is 5.11 Å². The molecular formula is C24H24O4. The third-order valence-electron chi connectivity index (χ3n) is 4.55. The van der Waals surface area contributed by atoms with Gasteiger partial charge in [0.05, 0.1) is 14.2 Å². The molecule has 0 heterocycles. The minimum absolute atomic E-state index is 0.478. The van der Waals surface area contributed by atoms with E-state index in [0.29, 0.717) is 23.7 Å². The second-order valence-electron chi connectivity index (χ2n) is 6.31. The number of benzene rings is 3. The van der Waals surface area contributed by atoms with E-state index in [1.54, 1.807) is 32.4 Å². The highest BCUT2D eigenvalue weighted by atomic mass is 16.5. The highest BCUT2D eigenvalue weighted by Gasteiger charge is 2.16. The largest absolute Gasteiger partial charge is 0.497 e. The normalized spacial score (nSPS) is 11.5. The molecule has 0 amide bonds. The molecule has 144 valence electrons. The zero-order valence-corrected chi connectivity index (χ0v) is 16.1. The van der Waals surface area contributed by atoms with Gasteiger partial charge in [0.15, 0.2) is 0 Å². The van der Waals surface area contributed by atoms with E-state index in [4.69, 9.17) is 14.2 Å². The Morgan fingerprint density at radius 2 is 1.57 bits per heavy atom. The SMILES string of the molecule is C=Cc1ccc(COc2ccc(C(O)c3ccc(OC)cc3OC)cc2)cc1. The average Bonchev–Trinajstić information content (AvgIpc) is 2.77. The molecule has 0 saturated heterocycles. The first-order chi connectivity index (χ1) is 13.6. The molecule has 0 radical (unpaired) electrons. The monoisotopic (exact) mass is 376 g/mol. The van der Waals surface area contributed by atoms with Gasteiger partial charge in [-0.3, -0.25) is 0 Å². The van der Waals surface area contributed by atoms with E-state index in [-0.39, 0.29) is 0 Å². The molecule has 1 atom stereocenters. The minimum Gasteiger partial charge on any atom is -0.497 e. The summed E-state index contributed by atoms with van der Waals surface area (Å²) in [6.07, 6.45) is 1.01. The number of aliphatic hydroxyl groups excluding tert-OH is 1. The molecule has 0 aliphatic rings. The van der Waals surface area contributed by atoms with Gasteiger partial charge in [-0.25, -0.2) is 0 Å². The quantitative estimate of drug-likeness (QED) is 0.600. The van der Waals surface area contributed by atoms with Gasteiger partial charge in [0.1, 0.15) is 30.0 Å². The van der Waals surface area contributed by atoms with E-state index in [2.05, 4.69) is 6.58 Å². The summed E-state index contributed by atoms with van der Waals surface area (Å²) in [5.74, 6) is 2.00. The van der Waals surface area contributed by atoms with Gasteiger partial charge in [-0.1, -0.05) is 49.1 Å². The molecule has 4 nitrogen and oxygen atoms in total. The van der Waals surface area contributed by atoms with Crippen LogP contribution in [0.4, 0.5) is 0 Å². The molecule has 0 bridgehead atoms. The lowest BCUT2D eigenvalue weighted by Gasteiger charge is -2.16. The molecule has 28 heavy (non-hydrogen) atoms. The molecule has 0 fully saturated rings. The second kappa shape index (κ2) is 9.11. The molecule has 0 spiro atoms. The van der Waals surface area contributed by atoms with Crippen LogP contribution in [0.15, 0.2) is 73.3 Å². The Hall–Kier alpha value is -3.24. The van der Waals surface area contributed by atoms with Crippen molar-refractivity contribution in [2.24, 2.45) is 0 Å². The van der Waals surface area contributed by atoms with Gasteiger partial charge >= 0.3 is 0 Å². The zero-order valence-electron chi connectivity index (χ0n) is 16.1. The van der Waals surface area contributed by atoms with E-state index in [1.165, 1.54) is 0 Å². The van der Waals surface area contributed by atoms with Crippen LogP contribution in [-0.2, 0) is 6.61 Å². The van der Waals surface area contributed by atoms with Gasteiger partial charge < -0.3 is 19.3 Å². The fourth-order valence-corrected chi connectivity index (χ4v) is 2.89. The van der Waals surface area contributed by atoms with Gasteiger partial charge in [-0.2, -0.15) is 0 Å². The highest BCUT2D eigenvalue weighted by Crippen LogP contribution is 2.33. The Balaban J connectivity index is 1.68. The van der Waals surface area contributed by atoms with Crippen molar-refractivity contribution in [3.63, 3.8) is 0 Å². The summed E-state index contributed by atoms with van der Waals surface area (Å²) in [4.78, 5) is 0. The molecule has 4 heteroatoms. The Morgan fingerprint density at radius 1 is 0.893 bits per heavy atom. The van der Waals surface area contributed by atoms with Crippen molar-refractivity contribution in [1.29, 1.82) is 0 Å². The smallest absolute Gasteiger partial charge is 0.128 e. The second-order valence-corrected chi connectivity index (χ2v) is 6.31. The Bertz CT molecular complexity index is 914. The van der Waals surface area contributed by atoms with Gasteiger partial charge in [0, 0.05) is 11.6 Å². The van der Waals surface area contributed by atoms with E-state index in [0.717, 1.165) is 22.4 Å². The number of methoxy groups -OCH3 is 2. The molecule has 3 aromatic rings. The van der Waals surface area contributed by atoms with Gasteiger partial charge in [0.2, 0.25) is 0 Å². The Labute approximate surface area is 165 Å². The van der Waals surface area contributed by atoms with Crippen LogP contribution in [0.1, 0.15) is 28.4 Å². The zero-order chi connectivity index (χ0) is 19.9. The predicted octanol–water partition coefficient (Wildman–Crippen LogP) is 5.01. The summed E-state index contributed by atoms with van der Waals surface area (Å²) in [6, 6.07) is 20.8. The summed E-state index contributed by atoms with van der Waals surface area (Å²) in [6.45, 7) is 4.23. The third kappa shape index (κ3) is 4.53. The summed E-state index contributed by atoms with van der Waals surface area (Å²) in [7, 11) is 3.17. The summed E-state index contributed by atoms with van der Waals surface area (Å²) < 4.78 is 16.4. The number of rotatable bonds is 8. The van der Waals surface area contributed by atoms with Crippen molar-refractivity contribution in [2.45, 2.75) is 12.7 Å². The lowest BCUT2D eigenvalue weighted by Crippen LogP contribution is -2.03. The number of ether oxygens (including phenoxy) is 3. The van der Waals surface area contributed by atoms with Crippen molar-refractivity contribution < 1.29 is 19.3 Å². The Kier molecular flexibility index (Phi) is 6.35. The molecule has 0 aliphatic carbocycles. The van der Waals surface area contributed by atoms with Gasteiger partial charge in [-0.15, -0.1) is 0 Å². The van der Waals surface area contributed by atoms with E-state index < -0.39 is 6.10 Å². The van der Waals surface area contributed by atoms with Crippen molar-refractivity contribution in [1.82, 2.24) is 0 Å². The highest BCUT2D eigenvalue weighted by molar-refractivity contribution is 5.47. The summed E-state index contributed by atoms with van der Waals surface area (Å²) in [5, 5.41) is 10.7. The molecule has 1 unspecified atom stereocenters. The number of hydrogen-bond donors (Lipinski definition) is 1. The van der Waals surface area contributed by atoms with Crippen LogP contribution in [0.3, 0.4) is 0 Å². The summed E-state index contributed by atoms with van der Waals surface area (Å²) >= 11 is 0. The van der Waals surface area contributed by atoms with Crippen molar-refractivity contribution in [3.8, 4) is 17.2 Å². The van der Waals surface area contributed by atoms with Gasteiger partial charge in [0.25, 0.3) is 0 Å². The topological polar surface area (TPSA) is 47.9 Å². The maximum absolute atomic E-state index is 10.7. The van der Waals surface area contributed by atoms with Crippen LogP contribution in [0.5, 0.6) is 17.2 Å². The van der Waals surface area contributed by atoms with Crippen LogP contribution in [0.2, 0.25) is 0 Å². The molecule has 0 aromatic heterocycles. The van der Waals surface area contributed by atoms with Crippen molar-refractivity contribution >= 4 is 6.08 Å². The predicted molar refractivity (Wildman–Crippen MR) is 111 cm³/mol. The maximum Gasteiger partial charge on any atom is 0.128 e. The molecule has 0 aliphatic heterocycles. The van der Waals surface area contributed by atoms with E-state index in [1.807, 2.05) is 54.6 Å². The first kappa shape index (κ1) is 19.5. The lowest BCUT2D eigenvalue weighted by atomic mass is 10.0. The van der Waals surface area contributed by atoms with E-state index >= 15 is 0 Å². The fraction of sp³-hybridized carbons (Fsp3) is 0.167. The minimum atomic E-state index is -0.804. The first-order valence-corrected chi connectivity index (χ1v) is 8.98. The molecule has 3 aromatic carbocycles. The molecule has 0 saturated carbocycles. The first-order valence-electron chi connectivity index (χ1n) is 8.98. The standard InChI is InChI=1S/C24H24O4/c1-4-17-5-7-18(8-6-17)16-28-20-11-9-19(10-12-20)24(25)22-14-13-21(26-2)15-23(22)27-3/h4-15,24-25H,1,16H2,2-3H3. The van der Waals surface area contributed by atoms with Crippen LogP contribution >= 0.6 is 0 Å². The van der Waals surface area contributed by atoms with Crippen LogP contribution in [0.25, 0.3) is 6.08 Å². The molecule has 1 N–H and O–H groups in total. The van der Waals surface area contributed by atoms with Crippen molar-refractivity contribution in [2.75, 3.05) is 14.2 Å². The van der Waals surface area contributed by atoms with Gasteiger partial charge in [-0.05, 0) is 41.0 Å². The van der Waals surface area contributed by atoms with Crippen LogP contribution in [0, 0.1) is 0 Å². The lowest BCUT2D eigenvalue weighted by molar-refractivity contribution is 0.214. The maximum atomic E-state index is 10.7. The molecular weight excluding hydrogens is 352 g/mol. The van der Waals surface area contributed by atoms with Crippen LogP contribution in [-0.4, -0.2) is 19.3 Å². The Morgan fingerprint density at radius 3 is 2.18 bits per heavy atom. The third-order valence-corrected chi connectivity index (χ3v) is 4.55. The van der Waals surface area contributed by atoms with Crippen molar-refractivity contribution in [3.05, 3.63) is 95.6 Å². The number of aliphatic hydroxyl groups is 1. The average molecular weight is 376 g/mol. The van der Waals surface area contributed by atoms with Crippen LogP contribution < -0.4 is 14.2 Å². The fourth-order valence-electron chi connectivity index (χ4n) is 2.89. The molecule has 3 rings (SSSR count).